The zero-order valence-corrected chi connectivity index (χ0v) is 13.7. The maximum Gasteiger partial charge on any atom is 0.0964 e. The maximum atomic E-state index is 4.25. The zero-order chi connectivity index (χ0) is 15.2. The van der Waals surface area contributed by atoms with Crippen molar-refractivity contribution in [3.05, 3.63) is 24.0 Å². The van der Waals surface area contributed by atoms with Gasteiger partial charge in [0, 0.05) is 25.8 Å². The van der Waals surface area contributed by atoms with Crippen molar-refractivity contribution in [2.45, 2.75) is 45.2 Å². The second-order valence-corrected chi connectivity index (χ2v) is 6.86. The number of rotatable bonds is 6. The smallest absolute Gasteiger partial charge is 0.0964 e. The number of allylic oxidation sites excluding steroid dienone is 2. The number of nitrogens with one attached hydrogen (secondary N) is 1. The third-order valence-electron chi connectivity index (χ3n) is 4.99. The van der Waals surface area contributed by atoms with Gasteiger partial charge in [0.05, 0.1) is 5.69 Å². The Morgan fingerprint density at radius 3 is 2.73 bits per heavy atom. The van der Waals surface area contributed by atoms with E-state index >= 15 is 0 Å². The van der Waals surface area contributed by atoms with Crippen LogP contribution in [-0.2, 0) is 13.1 Å². The van der Waals surface area contributed by atoms with Crippen LogP contribution >= 0.6 is 0 Å². The van der Waals surface area contributed by atoms with E-state index in [0.717, 1.165) is 30.6 Å². The van der Waals surface area contributed by atoms with Crippen LogP contribution in [0.5, 0.6) is 0 Å². The Morgan fingerprint density at radius 1 is 1.14 bits per heavy atom. The average Bonchev–Trinajstić information content (AvgIpc) is 2.98. The minimum absolute atomic E-state index is 0.756. The first-order chi connectivity index (χ1) is 10.8. The molecule has 1 aliphatic heterocycles. The minimum Gasteiger partial charge on any atom is -0.314 e. The fourth-order valence-electron chi connectivity index (χ4n) is 3.69. The fourth-order valence-corrected chi connectivity index (χ4v) is 3.69. The molecular formula is C17H29N5. The maximum absolute atomic E-state index is 4.25. The molecule has 0 radical (unpaired) electrons. The van der Waals surface area contributed by atoms with Gasteiger partial charge in [-0.05, 0) is 64.1 Å². The molecule has 22 heavy (non-hydrogen) atoms. The van der Waals surface area contributed by atoms with E-state index in [-0.39, 0.29) is 0 Å². The molecule has 0 aromatic carbocycles. The lowest BCUT2D eigenvalue weighted by atomic mass is 9.91. The molecule has 1 aromatic heterocycles. The highest BCUT2D eigenvalue weighted by molar-refractivity contribution is 4.92. The zero-order valence-electron chi connectivity index (χ0n) is 13.7. The van der Waals surface area contributed by atoms with Gasteiger partial charge in [-0.25, -0.2) is 0 Å². The van der Waals surface area contributed by atoms with E-state index in [2.05, 4.69) is 38.9 Å². The second kappa shape index (κ2) is 7.88. The number of hydrogen-bond donors (Lipinski definition) is 1. The Hall–Kier alpha value is -1.20. The molecule has 0 amide bonds. The minimum atomic E-state index is 0.756. The van der Waals surface area contributed by atoms with Crippen molar-refractivity contribution in [2.75, 3.05) is 26.7 Å². The molecule has 1 saturated heterocycles. The number of likely N-dealkylation sites (tertiary alicyclic amines) is 1. The van der Waals surface area contributed by atoms with Crippen molar-refractivity contribution in [2.24, 2.45) is 11.8 Å². The molecule has 1 N–H and O–H groups in total. The van der Waals surface area contributed by atoms with Crippen molar-refractivity contribution in [1.82, 2.24) is 25.2 Å². The van der Waals surface area contributed by atoms with Crippen LogP contribution in [0.1, 0.15) is 37.8 Å². The van der Waals surface area contributed by atoms with Crippen LogP contribution in [0.4, 0.5) is 0 Å². The molecule has 0 saturated carbocycles. The van der Waals surface area contributed by atoms with E-state index in [1.807, 2.05) is 11.7 Å². The summed E-state index contributed by atoms with van der Waals surface area (Å²) in [6, 6.07) is 0. The van der Waals surface area contributed by atoms with Gasteiger partial charge < -0.3 is 10.2 Å². The lowest BCUT2D eigenvalue weighted by Crippen LogP contribution is -2.38. The van der Waals surface area contributed by atoms with Crippen molar-refractivity contribution in [3.63, 3.8) is 0 Å². The molecule has 1 aromatic rings. The van der Waals surface area contributed by atoms with Crippen LogP contribution in [0.3, 0.4) is 0 Å². The summed E-state index contributed by atoms with van der Waals surface area (Å²) in [7, 11) is 1.94. The molecular weight excluding hydrogens is 274 g/mol. The molecule has 1 atom stereocenters. The van der Waals surface area contributed by atoms with Gasteiger partial charge in [-0.3, -0.25) is 4.68 Å². The van der Waals surface area contributed by atoms with Gasteiger partial charge >= 0.3 is 0 Å². The van der Waals surface area contributed by atoms with Crippen LogP contribution in [0.15, 0.2) is 18.3 Å². The number of aromatic nitrogens is 3. The van der Waals surface area contributed by atoms with Gasteiger partial charge in [-0.15, -0.1) is 5.10 Å². The summed E-state index contributed by atoms with van der Waals surface area (Å²) in [5.74, 6) is 1.65. The monoisotopic (exact) mass is 303 g/mol. The molecule has 1 aliphatic carbocycles. The van der Waals surface area contributed by atoms with Crippen LogP contribution in [0.2, 0.25) is 0 Å². The molecule has 1 fully saturated rings. The van der Waals surface area contributed by atoms with Crippen molar-refractivity contribution in [1.29, 1.82) is 0 Å². The highest BCUT2D eigenvalue weighted by atomic mass is 15.4. The van der Waals surface area contributed by atoms with Crippen LogP contribution in [0.25, 0.3) is 0 Å². The van der Waals surface area contributed by atoms with E-state index in [0.29, 0.717) is 0 Å². The second-order valence-electron chi connectivity index (χ2n) is 6.86. The summed E-state index contributed by atoms with van der Waals surface area (Å²) in [5.41, 5.74) is 1.03. The normalized spacial score (nSPS) is 24.0. The third kappa shape index (κ3) is 4.40. The van der Waals surface area contributed by atoms with E-state index < -0.39 is 0 Å². The van der Waals surface area contributed by atoms with Crippen molar-refractivity contribution >= 4 is 0 Å². The number of nitrogens with zero attached hydrogens (tertiary/aromatic N) is 4. The SMILES string of the molecule is CNCc1cn(CC2CCN(C[C@@H]3CC=CCC3)CC2)nn1. The lowest BCUT2D eigenvalue weighted by molar-refractivity contribution is 0.146. The van der Waals surface area contributed by atoms with Crippen LogP contribution in [0, 0.1) is 11.8 Å². The summed E-state index contributed by atoms with van der Waals surface area (Å²) in [4.78, 5) is 2.67. The fraction of sp³-hybridized carbons (Fsp3) is 0.765. The Kier molecular flexibility index (Phi) is 5.62. The summed E-state index contributed by atoms with van der Waals surface area (Å²) >= 11 is 0. The highest BCUT2D eigenvalue weighted by Gasteiger charge is 2.22. The van der Waals surface area contributed by atoms with Gasteiger partial charge in [0.2, 0.25) is 0 Å². The Labute approximate surface area is 133 Å². The molecule has 3 rings (SSSR count). The van der Waals surface area contributed by atoms with Gasteiger partial charge in [-0.2, -0.15) is 0 Å². The molecule has 0 unspecified atom stereocenters. The van der Waals surface area contributed by atoms with Gasteiger partial charge in [-0.1, -0.05) is 17.4 Å². The van der Waals surface area contributed by atoms with Gasteiger partial charge in [0.25, 0.3) is 0 Å². The largest absolute Gasteiger partial charge is 0.314 e. The van der Waals surface area contributed by atoms with E-state index in [1.54, 1.807) is 0 Å². The Bertz CT molecular complexity index is 473. The molecule has 122 valence electrons. The topological polar surface area (TPSA) is 46.0 Å². The van der Waals surface area contributed by atoms with Gasteiger partial charge in [0.15, 0.2) is 0 Å². The Balaban J connectivity index is 1.40. The first kappa shape index (κ1) is 15.7. The summed E-state index contributed by atoms with van der Waals surface area (Å²) in [6.45, 7) is 5.63. The number of hydrogen-bond acceptors (Lipinski definition) is 4. The molecule has 5 heteroatoms. The first-order valence-electron chi connectivity index (χ1n) is 8.74. The summed E-state index contributed by atoms with van der Waals surface area (Å²) in [5, 5.41) is 11.6. The van der Waals surface area contributed by atoms with Crippen LogP contribution in [-0.4, -0.2) is 46.6 Å². The average molecular weight is 303 g/mol. The summed E-state index contributed by atoms with van der Waals surface area (Å²) in [6.07, 6.45) is 13.3. The molecule has 0 bridgehead atoms. The summed E-state index contributed by atoms with van der Waals surface area (Å²) < 4.78 is 2.03. The highest BCUT2D eigenvalue weighted by Crippen LogP contribution is 2.23. The first-order valence-corrected chi connectivity index (χ1v) is 8.74. The van der Waals surface area contributed by atoms with E-state index in [1.165, 1.54) is 51.7 Å². The van der Waals surface area contributed by atoms with E-state index in [4.69, 9.17) is 0 Å². The van der Waals surface area contributed by atoms with Crippen molar-refractivity contribution in [3.8, 4) is 0 Å². The Morgan fingerprint density at radius 2 is 2.00 bits per heavy atom. The van der Waals surface area contributed by atoms with Crippen LogP contribution < -0.4 is 5.32 Å². The third-order valence-corrected chi connectivity index (χ3v) is 4.99. The lowest BCUT2D eigenvalue weighted by Gasteiger charge is -2.34. The molecule has 2 aliphatic rings. The predicted octanol–water partition coefficient (Wildman–Crippen LogP) is 2.07. The standard InChI is InChI=1S/C17H29N5/c1-18-11-17-14-22(20-19-17)13-16-7-9-21(10-8-16)12-15-5-3-2-4-6-15/h2-3,14-16,18H,4-13H2,1H3/t15-/m1/s1. The predicted molar refractivity (Wildman–Crippen MR) is 88.4 cm³/mol. The van der Waals surface area contributed by atoms with Crippen molar-refractivity contribution < 1.29 is 0 Å². The molecule has 0 spiro atoms. The molecule has 5 nitrogen and oxygen atoms in total. The van der Waals surface area contributed by atoms with Gasteiger partial charge in [0.1, 0.15) is 0 Å². The van der Waals surface area contributed by atoms with E-state index in [9.17, 15) is 0 Å². The number of piperidine rings is 1. The quantitative estimate of drug-likeness (QED) is 0.817. The molecule has 2 heterocycles.